The zero-order valence-corrected chi connectivity index (χ0v) is 18.0. The van der Waals surface area contributed by atoms with Gasteiger partial charge in [-0.2, -0.15) is 0 Å². The lowest BCUT2D eigenvalue weighted by Gasteiger charge is -2.23. The number of likely N-dealkylation sites (tertiary alicyclic amines) is 1. The molecule has 2 aromatic carbocycles. The minimum atomic E-state index is -0.888. The lowest BCUT2D eigenvalue weighted by molar-refractivity contribution is -0.140. The van der Waals surface area contributed by atoms with Crippen LogP contribution in [0.4, 0.5) is 0 Å². The van der Waals surface area contributed by atoms with Crippen LogP contribution in [0.1, 0.15) is 28.5 Å². The van der Waals surface area contributed by atoms with Crippen LogP contribution in [-0.2, 0) is 16.1 Å². The Morgan fingerprint density at radius 1 is 1.06 bits per heavy atom. The summed E-state index contributed by atoms with van der Waals surface area (Å²) in [6.07, 6.45) is 1.47. The van der Waals surface area contributed by atoms with Gasteiger partial charge in [0.25, 0.3) is 11.7 Å². The lowest BCUT2D eigenvalue weighted by Crippen LogP contribution is -2.29. The molecule has 1 aliphatic heterocycles. The van der Waals surface area contributed by atoms with Crippen molar-refractivity contribution >= 4 is 17.4 Å². The summed E-state index contributed by atoms with van der Waals surface area (Å²) in [5.41, 5.74) is 1.93. The Kier molecular flexibility index (Phi) is 5.73. The number of nitrogens with zero attached hydrogens (tertiary/aromatic N) is 1. The molecule has 164 valence electrons. The molecule has 1 N–H and O–H groups in total. The topological polar surface area (TPSA) is 89.2 Å². The van der Waals surface area contributed by atoms with Crippen molar-refractivity contribution in [1.82, 2.24) is 4.90 Å². The number of carbonyl (C=O) groups is 2. The zero-order chi connectivity index (χ0) is 22.8. The number of furan rings is 1. The molecule has 1 atom stereocenters. The quantitative estimate of drug-likeness (QED) is 0.356. The molecule has 3 aromatic rings. The molecule has 1 unspecified atom stereocenters. The Bertz CT molecular complexity index is 1190. The van der Waals surface area contributed by atoms with E-state index in [2.05, 4.69) is 0 Å². The highest BCUT2D eigenvalue weighted by molar-refractivity contribution is 6.46. The fourth-order valence-corrected chi connectivity index (χ4v) is 3.91. The average molecular weight is 433 g/mol. The van der Waals surface area contributed by atoms with Gasteiger partial charge in [0, 0.05) is 6.54 Å². The van der Waals surface area contributed by atoms with Crippen LogP contribution >= 0.6 is 0 Å². The Labute approximate surface area is 185 Å². The van der Waals surface area contributed by atoms with Crippen LogP contribution in [0.25, 0.3) is 5.76 Å². The summed E-state index contributed by atoms with van der Waals surface area (Å²) in [5.74, 6) is -0.403. The maximum Gasteiger partial charge on any atom is 0.296 e. The highest BCUT2D eigenvalue weighted by Crippen LogP contribution is 2.42. The average Bonchev–Trinajstić information content (AvgIpc) is 3.41. The first-order chi connectivity index (χ1) is 15.4. The Hall–Kier alpha value is -4.00. The summed E-state index contributed by atoms with van der Waals surface area (Å²) in [6, 6.07) is 15.0. The van der Waals surface area contributed by atoms with Gasteiger partial charge in [0.05, 0.1) is 31.6 Å². The standard InChI is InChI=1S/C25H23NO6/c1-15-9-10-19(31-3)18(12-15)23(27)21-22(20-8-5-11-32-20)26(25(29)24(21)28)14-16-6-4-7-17(13-16)30-2/h4-13,22,27H,14H2,1-3H3/b23-21-. The number of amides is 1. The molecule has 32 heavy (non-hydrogen) atoms. The molecule has 7 nitrogen and oxygen atoms in total. The first kappa shape index (κ1) is 21.2. The number of benzene rings is 2. The molecular weight excluding hydrogens is 410 g/mol. The number of aliphatic hydroxyl groups excluding tert-OH is 1. The van der Waals surface area contributed by atoms with E-state index in [1.807, 2.05) is 25.1 Å². The first-order valence-corrected chi connectivity index (χ1v) is 10.0. The molecule has 1 saturated heterocycles. The molecule has 1 amide bonds. The number of hydrogen-bond donors (Lipinski definition) is 1. The van der Waals surface area contributed by atoms with E-state index >= 15 is 0 Å². The molecule has 1 fully saturated rings. The number of methoxy groups -OCH3 is 2. The Morgan fingerprint density at radius 3 is 2.56 bits per heavy atom. The van der Waals surface area contributed by atoms with Gasteiger partial charge >= 0.3 is 0 Å². The third-order valence-corrected chi connectivity index (χ3v) is 5.45. The van der Waals surface area contributed by atoms with Gasteiger partial charge in [-0.25, -0.2) is 0 Å². The van der Waals surface area contributed by atoms with Gasteiger partial charge in [-0.1, -0.05) is 23.8 Å². The molecule has 0 bridgehead atoms. The zero-order valence-electron chi connectivity index (χ0n) is 18.0. The highest BCUT2D eigenvalue weighted by Gasteiger charge is 2.47. The van der Waals surface area contributed by atoms with Gasteiger partial charge < -0.3 is 23.9 Å². The minimum absolute atomic E-state index is 0.0447. The summed E-state index contributed by atoms with van der Waals surface area (Å²) < 4.78 is 16.2. The van der Waals surface area contributed by atoms with Gasteiger partial charge in [0.15, 0.2) is 0 Å². The second-order valence-electron chi connectivity index (χ2n) is 7.50. The third-order valence-electron chi connectivity index (χ3n) is 5.45. The number of ether oxygens (including phenoxy) is 2. The maximum absolute atomic E-state index is 13.1. The van der Waals surface area contributed by atoms with Gasteiger partial charge in [-0.05, 0) is 48.9 Å². The molecule has 4 rings (SSSR count). The van der Waals surface area contributed by atoms with E-state index in [0.717, 1.165) is 11.1 Å². The number of aryl methyl sites for hydroxylation is 1. The van der Waals surface area contributed by atoms with Crippen molar-refractivity contribution in [2.75, 3.05) is 14.2 Å². The molecule has 2 heterocycles. The van der Waals surface area contributed by atoms with Crippen LogP contribution in [-0.4, -0.2) is 35.9 Å². The second-order valence-corrected chi connectivity index (χ2v) is 7.50. The van der Waals surface area contributed by atoms with Gasteiger partial charge in [-0.15, -0.1) is 0 Å². The largest absolute Gasteiger partial charge is 0.507 e. The van der Waals surface area contributed by atoms with E-state index in [4.69, 9.17) is 13.9 Å². The molecular formula is C25H23NO6. The van der Waals surface area contributed by atoms with Crippen LogP contribution in [0, 0.1) is 6.92 Å². The molecule has 1 aromatic heterocycles. The molecule has 7 heteroatoms. The molecule has 0 spiro atoms. The van der Waals surface area contributed by atoms with Crippen LogP contribution in [0.15, 0.2) is 70.9 Å². The maximum atomic E-state index is 13.1. The lowest BCUT2D eigenvalue weighted by atomic mass is 9.97. The number of rotatable bonds is 6. The van der Waals surface area contributed by atoms with Crippen molar-refractivity contribution in [2.24, 2.45) is 0 Å². The highest BCUT2D eigenvalue weighted by atomic mass is 16.5. The van der Waals surface area contributed by atoms with Crippen molar-refractivity contribution in [2.45, 2.75) is 19.5 Å². The molecule has 0 radical (unpaired) electrons. The van der Waals surface area contributed by atoms with E-state index in [9.17, 15) is 14.7 Å². The fraction of sp³-hybridized carbons (Fsp3) is 0.200. The van der Waals surface area contributed by atoms with E-state index in [1.165, 1.54) is 18.3 Å². The summed E-state index contributed by atoms with van der Waals surface area (Å²) in [7, 11) is 3.04. The smallest absolute Gasteiger partial charge is 0.296 e. The molecule has 0 saturated carbocycles. The summed E-state index contributed by atoms with van der Waals surface area (Å²) >= 11 is 0. The van der Waals surface area contributed by atoms with Crippen molar-refractivity contribution < 1.29 is 28.6 Å². The molecule has 0 aliphatic carbocycles. The van der Waals surface area contributed by atoms with E-state index in [-0.39, 0.29) is 17.9 Å². The SMILES string of the molecule is COc1cccc(CN2C(=O)C(=O)/C(=C(\O)c3cc(C)ccc3OC)C2c2ccco2)c1. The summed E-state index contributed by atoms with van der Waals surface area (Å²) in [5, 5.41) is 11.2. The second kappa shape index (κ2) is 8.63. The van der Waals surface area contributed by atoms with Gasteiger partial charge in [0.1, 0.15) is 29.1 Å². The Balaban J connectivity index is 1.85. The van der Waals surface area contributed by atoms with Crippen LogP contribution < -0.4 is 9.47 Å². The van der Waals surface area contributed by atoms with Crippen molar-refractivity contribution in [1.29, 1.82) is 0 Å². The van der Waals surface area contributed by atoms with Crippen molar-refractivity contribution in [3.05, 3.63) is 88.9 Å². The predicted molar refractivity (Wildman–Crippen MR) is 117 cm³/mol. The van der Waals surface area contributed by atoms with Crippen molar-refractivity contribution in [3.8, 4) is 11.5 Å². The minimum Gasteiger partial charge on any atom is -0.507 e. The number of ketones is 1. The third kappa shape index (κ3) is 3.73. The summed E-state index contributed by atoms with van der Waals surface area (Å²) in [6.45, 7) is 2.00. The van der Waals surface area contributed by atoms with Crippen LogP contribution in [0.2, 0.25) is 0 Å². The van der Waals surface area contributed by atoms with Gasteiger partial charge in [0.2, 0.25) is 0 Å². The number of carbonyl (C=O) groups excluding carboxylic acids is 2. The van der Waals surface area contributed by atoms with E-state index < -0.39 is 17.7 Å². The van der Waals surface area contributed by atoms with Crippen molar-refractivity contribution in [3.63, 3.8) is 0 Å². The number of Topliss-reactive ketones (excluding diaryl/α,β-unsaturated/α-hetero) is 1. The fourth-order valence-electron chi connectivity index (χ4n) is 3.91. The van der Waals surface area contributed by atoms with E-state index in [1.54, 1.807) is 43.5 Å². The Morgan fingerprint density at radius 2 is 1.88 bits per heavy atom. The van der Waals surface area contributed by atoms with Crippen LogP contribution in [0.5, 0.6) is 11.5 Å². The van der Waals surface area contributed by atoms with E-state index in [0.29, 0.717) is 22.8 Å². The van der Waals surface area contributed by atoms with Gasteiger partial charge in [-0.3, -0.25) is 9.59 Å². The summed E-state index contributed by atoms with van der Waals surface area (Å²) in [4.78, 5) is 27.6. The normalized spacial score (nSPS) is 17.6. The number of hydrogen-bond acceptors (Lipinski definition) is 6. The monoisotopic (exact) mass is 433 g/mol. The molecule has 1 aliphatic rings. The first-order valence-electron chi connectivity index (χ1n) is 10.0. The van der Waals surface area contributed by atoms with Crippen LogP contribution in [0.3, 0.4) is 0 Å². The number of aliphatic hydroxyl groups is 1. The predicted octanol–water partition coefficient (Wildman–Crippen LogP) is 4.23.